The van der Waals surface area contributed by atoms with Crippen molar-refractivity contribution in [1.82, 2.24) is 0 Å². The fourth-order valence-corrected chi connectivity index (χ4v) is 2.64. The first-order valence-corrected chi connectivity index (χ1v) is 11.2. The largest absolute Gasteiger partial charge is 0.748 e. The van der Waals surface area contributed by atoms with E-state index >= 15 is 0 Å². The lowest BCUT2D eigenvalue weighted by Gasteiger charge is -2.39. The highest BCUT2D eigenvalue weighted by Gasteiger charge is 2.24. The molecule has 0 aromatic heterocycles. The van der Waals surface area contributed by atoms with Crippen molar-refractivity contribution < 1.29 is 17.5 Å². The van der Waals surface area contributed by atoms with Crippen molar-refractivity contribution in [2.24, 2.45) is 0 Å². The normalized spacial score (nSPS) is 11.9. The van der Waals surface area contributed by atoms with Crippen molar-refractivity contribution >= 4 is 10.1 Å². The fourth-order valence-electron chi connectivity index (χ4n) is 2.64. The molecule has 0 saturated heterocycles. The van der Waals surface area contributed by atoms with Crippen LogP contribution in [0.1, 0.15) is 86.0 Å². The maximum absolute atomic E-state index is 9.44. The Morgan fingerprint density at radius 1 is 0.652 bits per heavy atom. The van der Waals surface area contributed by atoms with Gasteiger partial charge in [-0.1, -0.05) is 60.3 Å². The summed E-state index contributed by atoms with van der Waals surface area (Å²) in [6.45, 7) is 16.3. The van der Waals surface area contributed by atoms with Gasteiger partial charge in [0.1, 0.15) is 0 Å². The number of hydrogen-bond acceptors (Lipinski definition) is 3. The van der Waals surface area contributed by atoms with Crippen LogP contribution >= 0.6 is 0 Å². The Morgan fingerprint density at radius 3 is 1.00 bits per heavy atom. The molecule has 0 amide bonds. The molecular formula is C18H41NO3S. The second-order valence-corrected chi connectivity index (χ2v) is 8.19. The fraction of sp³-hybridized carbons (Fsp3) is 1.00. The van der Waals surface area contributed by atoms with Gasteiger partial charge in [-0.05, 0) is 25.7 Å². The van der Waals surface area contributed by atoms with E-state index in [9.17, 15) is 13.0 Å². The summed E-state index contributed by atoms with van der Waals surface area (Å²) in [5.74, 6) is -0.312. The van der Waals surface area contributed by atoms with E-state index in [2.05, 4.69) is 27.7 Å². The van der Waals surface area contributed by atoms with E-state index in [4.69, 9.17) is 0 Å². The minimum absolute atomic E-state index is 0.312. The van der Waals surface area contributed by atoms with E-state index in [-0.39, 0.29) is 5.75 Å². The van der Waals surface area contributed by atoms with Crippen LogP contribution in [0.25, 0.3) is 0 Å². The molecular weight excluding hydrogens is 310 g/mol. The van der Waals surface area contributed by atoms with Gasteiger partial charge in [-0.25, -0.2) is 8.42 Å². The van der Waals surface area contributed by atoms with E-state index in [0.29, 0.717) is 0 Å². The second kappa shape index (κ2) is 15.4. The van der Waals surface area contributed by atoms with Crippen LogP contribution in [0, 0.1) is 0 Å². The van der Waals surface area contributed by atoms with Crippen molar-refractivity contribution in [3.05, 3.63) is 0 Å². The third-order valence-corrected chi connectivity index (χ3v) is 5.00. The number of nitrogens with zero attached hydrogens (tertiary/aromatic N) is 1. The van der Waals surface area contributed by atoms with Crippen molar-refractivity contribution in [2.75, 3.05) is 31.9 Å². The molecule has 23 heavy (non-hydrogen) atoms. The van der Waals surface area contributed by atoms with Gasteiger partial charge < -0.3 is 9.04 Å². The molecule has 0 fully saturated rings. The van der Waals surface area contributed by atoms with Gasteiger partial charge in [0.15, 0.2) is 0 Å². The summed E-state index contributed by atoms with van der Waals surface area (Å²) < 4.78 is 29.8. The molecule has 0 aromatic carbocycles. The summed E-state index contributed by atoms with van der Waals surface area (Å²) in [6, 6.07) is 0. The van der Waals surface area contributed by atoms with Gasteiger partial charge in [-0.3, -0.25) is 0 Å². The summed E-state index contributed by atoms with van der Waals surface area (Å²) in [4.78, 5) is 0. The third-order valence-electron chi connectivity index (χ3n) is 4.30. The van der Waals surface area contributed by atoms with Gasteiger partial charge in [0.2, 0.25) is 0 Å². The number of unbranched alkanes of at least 4 members (excludes halogenated alkanes) is 4. The van der Waals surface area contributed by atoms with Crippen molar-refractivity contribution in [2.45, 2.75) is 86.0 Å². The predicted octanol–water partition coefficient (Wildman–Crippen LogP) is 4.56. The van der Waals surface area contributed by atoms with Crippen LogP contribution < -0.4 is 0 Å². The Hall–Kier alpha value is -0.130. The van der Waals surface area contributed by atoms with Gasteiger partial charge in [0.25, 0.3) is 0 Å². The zero-order valence-electron chi connectivity index (χ0n) is 16.3. The summed E-state index contributed by atoms with van der Waals surface area (Å²) in [5, 5.41) is 0. The zero-order valence-corrected chi connectivity index (χ0v) is 17.1. The van der Waals surface area contributed by atoms with E-state index in [1.54, 1.807) is 0 Å². The minimum Gasteiger partial charge on any atom is -0.748 e. The minimum atomic E-state index is -3.91. The van der Waals surface area contributed by atoms with Crippen LogP contribution in [0.3, 0.4) is 0 Å². The molecule has 0 rings (SSSR count). The summed E-state index contributed by atoms with van der Waals surface area (Å²) in [5.41, 5.74) is 0. The lowest BCUT2D eigenvalue weighted by Crippen LogP contribution is -2.50. The Morgan fingerprint density at radius 2 is 0.870 bits per heavy atom. The van der Waals surface area contributed by atoms with E-state index in [0.717, 1.165) is 0 Å². The molecule has 0 aromatic rings. The Bertz CT molecular complexity index is 305. The average Bonchev–Trinajstić information content (AvgIpc) is 2.53. The van der Waals surface area contributed by atoms with Crippen LogP contribution in [-0.4, -0.2) is 49.4 Å². The standard InChI is InChI=1S/C16H36N.C2H6O3S/c1-5-9-13-17(14-10-6-2,15-11-7-3)16-12-8-4;1-2-6(3,4)5/h5-16H2,1-4H3;2H2,1H3,(H,3,4,5)/q+1;/p-1. The van der Waals surface area contributed by atoms with Crippen LogP contribution in [-0.2, 0) is 10.1 Å². The first-order valence-electron chi connectivity index (χ1n) is 9.59. The summed E-state index contributed by atoms with van der Waals surface area (Å²) in [7, 11) is -3.91. The van der Waals surface area contributed by atoms with Gasteiger partial charge in [0, 0.05) is 5.75 Å². The van der Waals surface area contributed by atoms with E-state index in [1.807, 2.05) is 0 Å². The second-order valence-electron chi connectivity index (χ2n) is 6.50. The van der Waals surface area contributed by atoms with E-state index in [1.165, 1.54) is 89.0 Å². The first kappa shape index (κ1) is 25.1. The number of rotatable bonds is 13. The molecule has 4 nitrogen and oxygen atoms in total. The summed E-state index contributed by atoms with van der Waals surface area (Å²) in [6.07, 6.45) is 11.1. The maximum Gasteiger partial charge on any atom is 0.0943 e. The third kappa shape index (κ3) is 16.5. The molecule has 0 heterocycles. The monoisotopic (exact) mass is 351 g/mol. The SMILES string of the molecule is CCCC[N+](CCCC)(CCCC)CCCC.CCS(=O)(=O)[O-]. The predicted molar refractivity (Wildman–Crippen MR) is 99.6 cm³/mol. The van der Waals surface area contributed by atoms with Crippen LogP contribution in [0.15, 0.2) is 0 Å². The average molecular weight is 352 g/mol. The summed E-state index contributed by atoms with van der Waals surface area (Å²) >= 11 is 0. The maximum atomic E-state index is 9.44. The highest BCUT2D eigenvalue weighted by atomic mass is 32.2. The van der Waals surface area contributed by atoms with Gasteiger partial charge in [-0.2, -0.15) is 0 Å². The first-order chi connectivity index (χ1) is 10.8. The van der Waals surface area contributed by atoms with Crippen molar-refractivity contribution in [1.29, 1.82) is 0 Å². The van der Waals surface area contributed by atoms with Crippen molar-refractivity contribution in [3.63, 3.8) is 0 Å². The molecule has 0 bridgehead atoms. The molecule has 0 N–H and O–H groups in total. The molecule has 0 saturated carbocycles. The molecule has 0 aliphatic rings. The van der Waals surface area contributed by atoms with Crippen molar-refractivity contribution in [3.8, 4) is 0 Å². The molecule has 142 valence electrons. The lowest BCUT2D eigenvalue weighted by atomic mass is 10.1. The van der Waals surface area contributed by atoms with Gasteiger partial charge in [-0.15, -0.1) is 0 Å². The molecule has 0 unspecified atom stereocenters. The smallest absolute Gasteiger partial charge is 0.0943 e. The highest BCUT2D eigenvalue weighted by Crippen LogP contribution is 2.16. The topological polar surface area (TPSA) is 57.2 Å². The quantitative estimate of drug-likeness (QED) is 0.361. The van der Waals surface area contributed by atoms with Gasteiger partial charge in [0.05, 0.1) is 36.3 Å². The zero-order chi connectivity index (χ0) is 18.2. The Kier molecular flexibility index (Phi) is 16.8. The van der Waals surface area contributed by atoms with Gasteiger partial charge >= 0.3 is 0 Å². The molecule has 0 aliphatic carbocycles. The molecule has 0 spiro atoms. The Balaban J connectivity index is 0. The number of quaternary nitrogens is 1. The van der Waals surface area contributed by atoms with Crippen LogP contribution in [0.5, 0.6) is 0 Å². The number of hydrogen-bond donors (Lipinski definition) is 0. The van der Waals surface area contributed by atoms with Crippen LogP contribution in [0.4, 0.5) is 0 Å². The van der Waals surface area contributed by atoms with E-state index < -0.39 is 10.1 Å². The Labute approximate surface area is 146 Å². The molecule has 0 radical (unpaired) electrons. The lowest BCUT2D eigenvalue weighted by molar-refractivity contribution is -0.929. The molecule has 0 aliphatic heterocycles. The highest BCUT2D eigenvalue weighted by molar-refractivity contribution is 7.85. The molecule has 0 atom stereocenters. The molecule has 5 heteroatoms. The van der Waals surface area contributed by atoms with Crippen LogP contribution in [0.2, 0.25) is 0 Å².